The first-order valence-electron chi connectivity index (χ1n) is 7.26. The van der Waals surface area contributed by atoms with Gasteiger partial charge in [0.05, 0.1) is 5.56 Å². The fourth-order valence-corrected chi connectivity index (χ4v) is 1.90. The topological polar surface area (TPSA) is 102 Å². The standard InChI is InChI=1S/C15H19F3N2O4/c16-15(17,18)10-4-3-5-11(8-10)24-9-13(21)20-12(14(22)23)6-1-2-7-19/h3-5,8,12H,1-2,6-7,9,19H2,(H,20,21)(H,22,23). The number of alkyl halides is 3. The van der Waals surface area contributed by atoms with Gasteiger partial charge in [-0.3, -0.25) is 4.79 Å². The minimum Gasteiger partial charge on any atom is -0.484 e. The molecule has 1 unspecified atom stereocenters. The minimum atomic E-state index is -4.51. The molecule has 1 atom stereocenters. The summed E-state index contributed by atoms with van der Waals surface area (Å²) in [5.41, 5.74) is 4.41. The Hall–Kier alpha value is -2.29. The van der Waals surface area contributed by atoms with Crippen molar-refractivity contribution in [1.82, 2.24) is 5.32 Å². The molecule has 0 fully saturated rings. The molecule has 24 heavy (non-hydrogen) atoms. The van der Waals surface area contributed by atoms with Crippen LogP contribution < -0.4 is 15.8 Å². The first kappa shape index (κ1) is 19.8. The number of hydrogen-bond acceptors (Lipinski definition) is 4. The molecule has 0 saturated carbocycles. The lowest BCUT2D eigenvalue weighted by Crippen LogP contribution is -2.43. The molecule has 9 heteroatoms. The fraction of sp³-hybridized carbons (Fsp3) is 0.467. The highest BCUT2D eigenvalue weighted by Gasteiger charge is 2.30. The van der Waals surface area contributed by atoms with E-state index in [-0.39, 0.29) is 12.2 Å². The number of carbonyl (C=O) groups is 2. The molecule has 0 spiro atoms. The van der Waals surface area contributed by atoms with Gasteiger partial charge in [0.1, 0.15) is 11.8 Å². The second-order valence-corrected chi connectivity index (χ2v) is 5.06. The van der Waals surface area contributed by atoms with Crippen LogP contribution in [0, 0.1) is 0 Å². The Bertz CT molecular complexity index is 564. The van der Waals surface area contributed by atoms with E-state index in [0.29, 0.717) is 19.4 Å². The normalized spacial score (nSPS) is 12.5. The molecule has 4 N–H and O–H groups in total. The van der Waals surface area contributed by atoms with Crippen molar-refractivity contribution in [2.75, 3.05) is 13.2 Å². The van der Waals surface area contributed by atoms with Gasteiger partial charge in [0.2, 0.25) is 0 Å². The molecular formula is C15H19F3N2O4. The lowest BCUT2D eigenvalue weighted by Gasteiger charge is -2.15. The molecule has 0 aromatic heterocycles. The largest absolute Gasteiger partial charge is 0.484 e. The first-order chi connectivity index (χ1) is 11.2. The second-order valence-electron chi connectivity index (χ2n) is 5.06. The number of hydrogen-bond donors (Lipinski definition) is 3. The summed E-state index contributed by atoms with van der Waals surface area (Å²) < 4.78 is 42.7. The summed E-state index contributed by atoms with van der Waals surface area (Å²) in [7, 11) is 0. The number of carbonyl (C=O) groups excluding carboxylic acids is 1. The van der Waals surface area contributed by atoms with Gasteiger partial charge in [0, 0.05) is 0 Å². The predicted octanol–water partition coefficient (Wildman–Crippen LogP) is 1.78. The third-order valence-corrected chi connectivity index (χ3v) is 3.11. The average molecular weight is 348 g/mol. The maximum atomic E-state index is 12.6. The highest BCUT2D eigenvalue weighted by atomic mass is 19.4. The number of aliphatic carboxylic acids is 1. The molecule has 1 amide bonds. The van der Waals surface area contributed by atoms with Crippen molar-refractivity contribution in [3.8, 4) is 5.75 Å². The summed E-state index contributed by atoms with van der Waals surface area (Å²) in [5, 5.41) is 11.3. The molecule has 0 aliphatic carbocycles. The number of unbranched alkanes of at least 4 members (excludes halogenated alkanes) is 1. The van der Waals surface area contributed by atoms with Crippen LogP contribution in [-0.2, 0) is 15.8 Å². The summed E-state index contributed by atoms with van der Waals surface area (Å²) in [6.07, 6.45) is -3.15. The molecule has 0 radical (unpaired) electrons. The van der Waals surface area contributed by atoms with Crippen molar-refractivity contribution in [1.29, 1.82) is 0 Å². The molecule has 1 rings (SSSR count). The van der Waals surface area contributed by atoms with Gasteiger partial charge in [-0.25, -0.2) is 4.79 Å². The Morgan fingerprint density at radius 2 is 2.00 bits per heavy atom. The Morgan fingerprint density at radius 1 is 1.29 bits per heavy atom. The molecule has 0 bridgehead atoms. The van der Waals surface area contributed by atoms with E-state index in [9.17, 15) is 22.8 Å². The zero-order valence-electron chi connectivity index (χ0n) is 12.8. The smallest absolute Gasteiger partial charge is 0.416 e. The van der Waals surface area contributed by atoms with Gasteiger partial charge < -0.3 is 20.9 Å². The van der Waals surface area contributed by atoms with Crippen LogP contribution in [0.1, 0.15) is 24.8 Å². The van der Waals surface area contributed by atoms with Crippen LogP contribution in [0.15, 0.2) is 24.3 Å². The number of nitrogens with two attached hydrogens (primary N) is 1. The van der Waals surface area contributed by atoms with Crippen molar-refractivity contribution in [3.63, 3.8) is 0 Å². The number of amides is 1. The number of rotatable bonds is 9. The van der Waals surface area contributed by atoms with Crippen LogP contribution in [0.3, 0.4) is 0 Å². The summed E-state index contributed by atoms with van der Waals surface area (Å²) in [5.74, 6) is -2.05. The molecule has 0 saturated heterocycles. The zero-order valence-corrected chi connectivity index (χ0v) is 12.8. The molecule has 6 nitrogen and oxygen atoms in total. The molecule has 0 aliphatic rings. The Morgan fingerprint density at radius 3 is 2.58 bits per heavy atom. The van der Waals surface area contributed by atoms with E-state index in [4.69, 9.17) is 15.6 Å². The number of nitrogens with one attached hydrogen (secondary N) is 1. The zero-order chi connectivity index (χ0) is 18.2. The summed E-state index contributed by atoms with van der Waals surface area (Å²) in [6, 6.07) is 2.99. The third-order valence-electron chi connectivity index (χ3n) is 3.11. The van der Waals surface area contributed by atoms with Crippen molar-refractivity contribution < 1.29 is 32.6 Å². The summed E-state index contributed by atoms with van der Waals surface area (Å²) in [4.78, 5) is 22.7. The number of carboxylic acids is 1. The van der Waals surface area contributed by atoms with Crippen LogP contribution >= 0.6 is 0 Å². The minimum absolute atomic E-state index is 0.130. The summed E-state index contributed by atoms with van der Waals surface area (Å²) >= 11 is 0. The van der Waals surface area contributed by atoms with E-state index in [1.807, 2.05) is 0 Å². The maximum Gasteiger partial charge on any atom is 0.416 e. The van der Waals surface area contributed by atoms with E-state index >= 15 is 0 Å². The molecule has 134 valence electrons. The third kappa shape index (κ3) is 6.86. The Labute approximate surface area is 136 Å². The molecule has 1 aromatic rings. The Balaban J connectivity index is 2.54. The van der Waals surface area contributed by atoms with Crippen LogP contribution in [-0.4, -0.2) is 36.2 Å². The molecule has 0 aliphatic heterocycles. The Kier molecular flexibility index (Phi) is 7.50. The van der Waals surface area contributed by atoms with Gasteiger partial charge in [0.15, 0.2) is 6.61 Å². The van der Waals surface area contributed by atoms with Crippen LogP contribution in [0.25, 0.3) is 0 Å². The van der Waals surface area contributed by atoms with E-state index in [2.05, 4.69) is 5.32 Å². The van der Waals surface area contributed by atoms with Crippen molar-refractivity contribution >= 4 is 11.9 Å². The quantitative estimate of drug-likeness (QED) is 0.591. The van der Waals surface area contributed by atoms with E-state index in [1.54, 1.807) is 0 Å². The van der Waals surface area contributed by atoms with E-state index in [0.717, 1.165) is 18.2 Å². The SMILES string of the molecule is NCCCCC(NC(=O)COc1cccc(C(F)(F)F)c1)C(=O)O. The highest BCUT2D eigenvalue weighted by molar-refractivity contribution is 5.84. The first-order valence-corrected chi connectivity index (χ1v) is 7.26. The van der Waals surface area contributed by atoms with Crippen LogP contribution in [0.5, 0.6) is 5.75 Å². The summed E-state index contributed by atoms with van der Waals surface area (Å²) in [6.45, 7) is -0.166. The van der Waals surface area contributed by atoms with E-state index < -0.39 is 36.3 Å². The molecule has 0 heterocycles. The number of benzene rings is 1. The molecular weight excluding hydrogens is 329 g/mol. The predicted molar refractivity (Wildman–Crippen MR) is 79.4 cm³/mol. The van der Waals surface area contributed by atoms with Crippen molar-refractivity contribution in [2.45, 2.75) is 31.5 Å². The monoisotopic (exact) mass is 348 g/mol. The van der Waals surface area contributed by atoms with Crippen molar-refractivity contribution in [3.05, 3.63) is 29.8 Å². The lowest BCUT2D eigenvalue weighted by molar-refractivity contribution is -0.142. The van der Waals surface area contributed by atoms with Crippen LogP contribution in [0.2, 0.25) is 0 Å². The molecule has 1 aromatic carbocycles. The van der Waals surface area contributed by atoms with Gasteiger partial charge in [-0.1, -0.05) is 6.07 Å². The number of carboxylic acid groups (broad SMARTS) is 1. The second kappa shape index (κ2) is 9.11. The maximum absolute atomic E-state index is 12.6. The van der Waals surface area contributed by atoms with Gasteiger partial charge in [-0.2, -0.15) is 13.2 Å². The van der Waals surface area contributed by atoms with Gasteiger partial charge in [-0.15, -0.1) is 0 Å². The van der Waals surface area contributed by atoms with E-state index in [1.165, 1.54) is 6.07 Å². The van der Waals surface area contributed by atoms with Crippen LogP contribution in [0.4, 0.5) is 13.2 Å². The van der Waals surface area contributed by atoms with Gasteiger partial charge in [-0.05, 0) is 44.0 Å². The fourth-order valence-electron chi connectivity index (χ4n) is 1.90. The highest BCUT2D eigenvalue weighted by Crippen LogP contribution is 2.31. The van der Waals surface area contributed by atoms with Gasteiger partial charge in [0.25, 0.3) is 5.91 Å². The van der Waals surface area contributed by atoms with Crippen molar-refractivity contribution in [2.24, 2.45) is 5.73 Å². The lowest BCUT2D eigenvalue weighted by atomic mass is 10.1. The average Bonchev–Trinajstić information content (AvgIpc) is 2.51. The number of ether oxygens (including phenoxy) is 1. The van der Waals surface area contributed by atoms with Gasteiger partial charge >= 0.3 is 12.1 Å². The number of halogens is 3.